The van der Waals surface area contributed by atoms with E-state index in [1.54, 1.807) is 0 Å². The Morgan fingerprint density at radius 2 is 1.00 bits per heavy atom. The molecule has 1 aliphatic rings. The van der Waals surface area contributed by atoms with Crippen molar-refractivity contribution in [2.24, 2.45) is 0 Å². The molecule has 27 heavy (non-hydrogen) atoms. The summed E-state index contributed by atoms with van der Waals surface area (Å²) >= 11 is 12.2. The summed E-state index contributed by atoms with van der Waals surface area (Å²) in [5.41, 5.74) is 8.89. The molecular weight excluding hydrogens is 377 g/mol. The maximum Gasteiger partial charge on any atom is 0.382 e. The van der Waals surface area contributed by atoms with Crippen LogP contribution in [0.4, 0.5) is 22.7 Å². The van der Waals surface area contributed by atoms with E-state index in [0.717, 1.165) is 33.5 Å². The Labute approximate surface area is 167 Å². The van der Waals surface area contributed by atoms with Crippen LogP contribution >= 0.6 is 23.2 Å². The highest BCUT2D eigenvalue weighted by Gasteiger charge is 2.39. The van der Waals surface area contributed by atoms with Gasteiger partial charge in [0.15, 0.2) is 0 Å². The Balaban J connectivity index is 1.74. The maximum atomic E-state index is 6.08. The minimum absolute atomic E-state index is 0.698. The molecule has 2 radical (unpaired) electrons. The largest absolute Gasteiger partial charge is 0.382 e. The summed E-state index contributed by atoms with van der Waals surface area (Å²) in [4.78, 5) is 0. The van der Waals surface area contributed by atoms with Crippen molar-refractivity contribution < 1.29 is 0 Å². The minimum atomic E-state index is 0.698. The first kappa shape index (κ1) is 16.5. The molecule has 1 heterocycles. The zero-order chi connectivity index (χ0) is 18.4. The monoisotopic (exact) mass is 390 g/mol. The summed E-state index contributed by atoms with van der Waals surface area (Å²) in [5.74, 6) is 0. The van der Waals surface area contributed by atoms with Gasteiger partial charge < -0.3 is 0 Å². The van der Waals surface area contributed by atoms with E-state index in [0.29, 0.717) is 10.0 Å². The van der Waals surface area contributed by atoms with E-state index in [-0.39, 0.29) is 0 Å². The fourth-order valence-corrected chi connectivity index (χ4v) is 3.64. The smallest absolute Gasteiger partial charge is 0.0843 e. The van der Waals surface area contributed by atoms with Gasteiger partial charge in [0.2, 0.25) is 0 Å². The van der Waals surface area contributed by atoms with E-state index in [4.69, 9.17) is 28.7 Å². The first-order chi connectivity index (χ1) is 13.2. The highest BCUT2D eigenvalue weighted by atomic mass is 35.5. The first-order valence-electron chi connectivity index (χ1n) is 8.55. The third kappa shape index (κ3) is 2.81. The molecule has 1 aliphatic heterocycles. The fraction of sp³-hybridized carbons (Fsp3) is 0. The van der Waals surface area contributed by atoms with Gasteiger partial charge in [-0.05, 0) is 76.1 Å². The summed E-state index contributed by atoms with van der Waals surface area (Å²) in [6.45, 7) is 0. The molecule has 0 bridgehead atoms. The quantitative estimate of drug-likeness (QED) is 0.372. The molecule has 4 aromatic rings. The lowest BCUT2D eigenvalue weighted by Gasteiger charge is -2.25. The molecule has 130 valence electrons. The molecule has 0 fully saturated rings. The second-order valence-electron chi connectivity index (χ2n) is 6.32. The molecule has 3 nitrogen and oxygen atoms in total. The minimum Gasteiger partial charge on any atom is -0.0843 e. The number of hydrogen-bond donors (Lipinski definition) is 0. The lowest BCUT2D eigenvalue weighted by atomic mass is 10.0. The second kappa shape index (κ2) is 6.46. The molecular formula is C22H14Cl2N3+. The Hall–Kier alpha value is -2.72. The molecule has 0 aliphatic carbocycles. The molecule has 4 aromatic carbocycles. The van der Waals surface area contributed by atoms with Crippen molar-refractivity contribution >= 4 is 56.7 Å². The van der Waals surface area contributed by atoms with Crippen molar-refractivity contribution in [1.29, 1.82) is 0 Å². The molecule has 0 amide bonds. The summed E-state index contributed by atoms with van der Waals surface area (Å²) in [6, 6.07) is 27.9. The highest BCUT2D eigenvalue weighted by Crippen LogP contribution is 2.43. The van der Waals surface area contributed by atoms with Crippen molar-refractivity contribution in [2.75, 3.05) is 10.0 Å². The molecule has 0 spiro atoms. The summed E-state index contributed by atoms with van der Waals surface area (Å²) in [7, 11) is 0. The van der Waals surface area contributed by atoms with Gasteiger partial charge in [-0.25, -0.2) is 0 Å². The van der Waals surface area contributed by atoms with Crippen molar-refractivity contribution in [3.05, 3.63) is 95.0 Å². The van der Waals surface area contributed by atoms with Crippen LogP contribution in [0, 0.1) is 0 Å². The molecule has 0 saturated carbocycles. The van der Waals surface area contributed by atoms with Crippen molar-refractivity contribution in [3.8, 4) is 0 Å². The van der Waals surface area contributed by atoms with E-state index in [2.05, 4.69) is 36.4 Å². The number of rotatable bonds is 2. The zero-order valence-corrected chi connectivity index (χ0v) is 15.7. The third-order valence-electron chi connectivity index (χ3n) is 4.64. The van der Waals surface area contributed by atoms with E-state index >= 15 is 0 Å². The molecule has 0 unspecified atom stereocenters. The van der Waals surface area contributed by atoms with E-state index in [9.17, 15) is 0 Å². The van der Waals surface area contributed by atoms with Crippen LogP contribution in [0.25, 0.3) is 10.8 Å². The molecule has 0 aromatic heterocycles. The molecule has 5 heteroatoms. The van der Waals surface area contributed by atoms with Crippen molar-refractivity contribution in [2.45, 2.75) is 0 Å². The third-order valence-corrected chi connectivity index (χ3v) is 5.14. The fourth-order valence-electron chi connectivity index (χ4n) is 3.39. The summed E-state index contributed by atoms with van der Waals surface area (Å²) in [6.07, 6.45) is 0. The van der Waals surface area contributed by atoms with Gasteiger partial charge in [0.1, 0.15) is 22.7 Å². The van der Waals surface area contributed by atoms with E-state index < -0.39 is 0 Å². The number of nitrogens with zero attached hydrogens (tertiary/aromatic N) is 3. The second-order valence-corrected chi connectivity index (χ2v) is 7.19. The Morgan fingerprint density at radius 1 is 0.556 bits per heavy atom. The van der Waals surface area contributed by atoms with Crippen molar-refractivity contribution in [1.82, 2.24) is 5.53 Å². The molecule has 0 atom stereocenters. The summed E-state index contributed by atoms with van der Waals surface area (Å²) in [5, 5.41) is 7.60. The van der Waals surface area contributed by atoms with E-state index in [1.165, 1.54) is 0 Å². The van der Waals surface area contributed by atoms with Gasteiger partial charge in [0.25, 0.3) is 0 Å². The van der Waals surface area contributed by atoms with Crippen LogP contribution < -0.4 is 15.6 Å². The van der Waals surface area contributed by atoms with Crippen molar-refractivity contribution in [3.63, 3.8) is 0 Å². The number of anilines is 4. The molecule has 0 saturated heterocycles. The Kier molecular flexibility index (Phi) is 3.94. The SMILES string of the molecule is Clc1ccc(N2[N+]N(c3ccc(Cl)cc3)c3cccc4cccc2c34)cc1. The van der Waals surface area contributed by atoms with Gasteiger partial charge in [-0.1, -0.05) is 47.5 Å². The predicted molar refractivity (Wildman–Crippen MR) is 113 cm³/mol. The average molecular weight is 391 g/mol. The van der Waals surface area contributed by atoms with Gasteiger partial charge in [-0.2, -0.15) is 0 Å². The van der Waals surface area contributed by atoms with E-state index in [1.807, 2.05) is 58.5 Å². The maximum absolute atomic E-state index is 6.08. The van der Waals surface area contributed by atoms with Gasteiger partial charge in [-0.15, -0.1) is 0 Å². The lowest BCUT2D eigenvalue weighted by Crippen LogP contribution is -2.41. The van der Waals surface area contributed by atoms with Crippen LogP contribution in [-0.4, -0.2) is 0 Å². The number of benzene rings is 4. The van der Waals surface area contributed by atoms with Gasteiger partial charge in [0.05, 0.1) is 0 Å². The normalized spacial score (nSPS) is 13.3. The van der Waals surface area contributed by atoms with Crippen LogP contribution in [0.2, 0.25) is 10.0 Å². The predicted octanol–water partition coefficient (Wildman–Crippen LogP) is 6.87. The highest BCUT2D eigenvalue weighted by molar-refractivity contribution is 6.31. The molecule has 5 rings (SSSR count). The standard InChI is InChI=1S/C22H14Cl2N3/c23-16-7-11-18(12-8-16)26-20-5-1-3-15-4-2-6-21(22(15)20)27(25-26)19-13-9-17(24)10-14-19/h1-14H/q+1. The van der Waals surface area contributed by atoms with Gasteiger partial charge in [-0.3, -0.25) is 0 Å². The zero-order valence-electron chi connectivity index (χ0n) is 14.2. The molecule has 0 N–H and O–H groups in total. The summed E-state index contributed by atoms with van der Waals surface area (Å²) < 4.78 is 0. The van der Waals surface area contributed by atoms with Gasteiger partial charge in [0, 0.05) is 15.4 Å². The average Bonchev–Trinajstić information content (AvgIpc) is 2.70. The van der Waals surface area contributed by atoms with Crippen LogP contribution in [0.15, 0.2) is 84.9 Å². The first-order valence-corrected chi connectivity index (χ1v) is 9.31. The van der Waals surface area contributed by atoms with Crippen LogP contribution in [0.1, 0.15) is 0 Å². The number of hydrogen-bond acceptors (Lipinski definition) is 2. The van der Waals surface area contributed by atoms with Crippen LogP contribution in [0.3, 0.4) is 0 Å². The van der Waals surface area contributed by atoms with Gasteiger partial charge >= 0.3 is 5.53 Å². The van der Waals surface area contributed by atoms with Crippen LogP contribution in [-0.2, 0) is 0 Å². The number of halogens is 2. The lowest BCUT2D eigenvalue weighted by molar-refractivity contribution is 0.699. The van der Waals surface area contributed by atoms with Crippen LogP contribution in [0.5, 0.6) is 0 Å². The Morgan fingerprint density at radius 3 is 1.44 bits per heavy atom. The Bertz CT molecular complexity index is 1040. The topological polar surface area (TPSA) is 20.6 Å².